The van der Waals surface area contributed by atoms with Crippen LogP contribution >= 0.6 is 0 Å². The molecule has 27 heavy (non-hydrogen) atoms. The van der Waals surface area contributed by atoms with Crippen molar-refractivity contribution in [2.24, 2.45) is 5.92 Å². The van der Waals surface area contributed by atoms with Crippen LogP contribution in [-0.2, 0) is 0 Å². The van der Waals surface area contributed by atoms with Crippen LogP contribution in [0, 0.1) is 12.8 Å². The van der Waals surface area contributed by atoms with E-state index in [1.54, 1.807) is 0 Å². The van der Waals surface area contributed by atoms with Gasteiger partial charge >= 0.3 is 0 Å². The summed E-state index contributed by atoms with van der Waals surface area (Å²) in [5, 5.41) is 13.2. The average Bonchev–Trinajstić information content (AvgIpc) is 3.62. The highest BCUT2D eigenvalue weighted by Crippen LogP contribution is 2.40. The summed E-state index contributed by atoms with van der Waals surface area (Å²) in [6.45, 7) is 5.79. The number of nitrogens with zero attached hydrogens (tertiary/aromatic N) is 6. The van der Waals surface area contributed by atoms with Gasteiger partial charge in [-0.15, -0.1) is 10.2 Å². The molecule has 3 heterocycles. The van der Waals surface area contributed by atoms with Crippen molar-refractivity contribution in [2.45, 2.75) is 70.4 Å². The van der Waals surface area contributed by atoms with E-state index in [0.717, 1.165) is 36.8 Å². The van der Waals surface area contributed by atoms with Crippen LogP contribution in [0.25, 0.3) is 0 Å². The van der Waals surface area contributed by atoms with E-state index in [-0.39, 0.29) is 11.8 Å². The van der Waals surface area contributed by atoms with Gasteiger partial charge in [0.15, 0.2) is 5.69 Å². The Bertz CT molecular complexity index is 847. The minimum atomic E-state index is 0.0574. The van der Waals surface area contributed by atoms with E-state index in [2.05, 4.69) is 38.4 Å². The first-order valence-electron chi connectivity index (χ1n) is 10.4. The van der Waals surface area contributed by atoms with E-state index in [1.807, 2.05) is 17.3 Å². The lowest BCUT2D eigenvalue weighted by Gasteiger charge is -2.32. The van der Waals surface area contributed by atoms with E-state index in [4.69, 9.17) is 0 Å². The van der Waals surface area contributed by atoms with Crippen LogP contribution in [0.15, 0.2) is 12.4 Å². The second kappa shape index (κ2) is 6.46. The Kier molecular flexibility index (Phi) is 4.06. The highest BCUT2D eigenvalue weighted by atomic mass is 16.2. The van der Waals surface area contributed by atoms with Crippen molar-refractivity contribution in [3.05, 3.63) is 29.6 Å². The molecule has 0 aromatic carbocycles. The summed E-state index contributed by atoms with van der Waals surface area (Å²) in [6, 6.07) is 2.92. The Labute approximate surface area is 159 Å². The Morgan fingerprint density at radius 2 is 2.04 bits per heavy atom. The van der Waals surface area contributed by atoms with E-state index in [9.17, 15) is 4.79 Å². The molecular weight excluding hydrogens is 340 g/mol. The molecule has 2 aliphatic carbocycles. The second-order valence-corrected chi connectivity index (χ2v) is 8.61. The Morgan fingerprint density at radius 1 is 1.22 bits per heavy atom. The van der Waals surface area contributed by atoms with Crippen molar-refractivity contribution < 1.29 is 4.79 Å². The molecule has 2 atom stereocenters. The predicted molar refractivity (Wildman–Crippen MR) is 101 cm³/mol. The van der Waals surface area contributed by atoms with Gasteiger partial charge in [0.2, 0.25) is 0 Å². The van der Waals surface area contributed by atoms with Gasteiger partial charge in [0, 0.05) is 30.7 Å². The Morgan fingerprint density at radius 3 is 2.78 bits per heavy atom. The van der Waals surface area contributed by atoms with Crippen molar-refractivity contribution in [3.8, 4) is 0 Å². The maximum absolute atomic E-state index is 13.1. The molecule has 2 unspecified atom stereocenters. The van der Waals surface area contributed by atoms with Crippen LogP contribution in [0.5, 0.6) is 0 Å². The lowest BCUT2D eigenvalue weighted by Crippen LogP contribution is -2.40. The Balaban J connectivity index is 1.32. The third-order valence-electron chi connectivity index (χ3n) is 6.45. The van der Waals surface area contributed by atoms with Gasteiger partial charge in [-0.2, -0.15) is 5.10 Å². The fourth-order valence-electron chi connectivity index (χ4n) is 4.50. The van der Waals surface area contributed by atoms with Crippen LogP contribution in [0.2, 0.25) is 0 Å². The number of likely N-dealkylation sites (tertiary alicyclic amines) is 1. The highest BCUT2D eigenvalue weighted by Gasteiger charge is 2.34. The molecule has 1 saturated heterocycles. The molecule has 7 heteroatoms. The van der Waals surface area contributed by atoms with Crippen molar-refractivity contribution in [2.75, 3.05) is 13.1 Å². The van der Waals surface area contributed by atoms with Crippen LogP contribution in [0.3, 0.4) is 0 Å². The summed E-state index contributed by atoms with van der Waals surface area (Å²) < 4.78 is 4.28. The first-order chi connectivity index (χ1) is 13.1. The zero-order valence-corrected chi connectivity index (χ0v) is 16.2. The predicted octanol–water partition coefficient (Wildman–Crippen LogP) is 3.11. The molecule has 144 valence electrons. The lowest BCUT2D eigenvalue weighted by molar-refractivity contribution is 0.0696. The number of aryl methyl sites for hydroxylation is 1. The van der Waals surface area contributed by atoms with E-state index >= 15 is 0 Å². The molecule has 2 aromatic rings. The van der Waals surface area contributed by atoms with Crippen molar-refractivity contribution in [3.63, 3.8) is 0 Å². The number of carbonyl (C=O) groups excluding carboxylic acids is 1. The lowest BCUT2D eigenvalue weighted by atomic mass is 9.96. The zero-order chi connectivity index (χ0) is 18.5. The molecule has 7 nitrogen and oxygen atoms in total. The molecule has 2 aromatic heterocycles. The van der Waals surface area contributed by atoms with Crippen molar-refractivity contribution >= 4 is 5.91 Å². The molecule has 0 N–H and O–H groups in total. The number of hydrogen-bond donors (Lipinski definition) is 0. The Hall–Kier alpha value is -2.18. The maximum atomic E-state index is 13.1. The summed E-state index contributed by atoms with van der Waals surface area (Å²) in [6.07, 6.45) is 8.93. The summed E-state index contributed by atoms with van der Waals surface area (Å²) >= 11 is 0. The van der Waals surface area contributed by atoms with E-state index < -0.39 is 0 Å². The van der Waals surface area contributed by atoms with Gasteiger partial charge in [-0.05, 0) is 64.4 Å². The molecule has 2 saturated carbocycles. The maximum Gasteiger partial charge on any atom is 0.274 e. The zero-order valence-electron chi connectivity index (χ0n) is 16.2. The standard InChI is InChI=1S/C20H28N6O/c1-13-10-18(23-26(13)14(2)15-5-6-15)20(27)24-9-3-4-16(11-24)19-22-21-12-25(19)17-7-8-17/h10,12,14-17H,3-9,11H2,1-2H3. The summed E-state index contributed by atoms with van der Waals surface area (Å²) in [7, 11) is 0. The number of aromatic nitrogens is 5. The monoisotopic (exact) mass is 368 g/mol. The quantitative estimate of drug-likeness (QED) is 0.813. The van der Waals surface area contributed by atoms with Crippen LogP contribution in [-0.4, -0.2) is 48.4 Å². The minimum Gasteiger partial charge on any atom is -0.337 e. The molecule has 1 aliphatic heterocycles. The summed E-state index contributed by atoms with van der Waals surface area (Å²) in [5.74, 6) is 2.11. The average molecular weight is 368 g/mol. The molecule has 3 fully saturated rings. The van der Waals surface area contributed by atoms with Gasteiger partial charge in [0.05, 0.1) is 6.04 Å². The largest absolute Gasteiger partial charge is 0.337 e. The van der Waals surface area contributed by atoms with Crippen molar-refractivity contribution in [1.82, 2.24) is 29.4 Å². The smallest absolute Gasteiger partial charge is 0.274 e. The molecule has 0 radical (unpaired) electrons. The first-order valence-corrected chi connectivity index (χ1v) is 10.4. The van der Waals surface area contributed by atoms with E-state index in [1.165, 1.54) is 25.7 Å². The van der Waals surface area contributed by atoms with Gasteiger partial charge < -0.3 is 9.47 Å². The summed E-state index contributed by atoms with van der Waals surface area (Å²) in [4.78, 5) is 15.1. The number of rotatable bonds is 5. The van der Waals surface area contributed by atoms with Crippen LogP contribution in [0.1, 0.15) is 85.5 Å². The highest BCUT2D eigenvalue weighted by molar-refractivity contribution is 5.92. The van der Waals surface area contributed by atoms with Gasteiger partial charge in [-0.3, -0.25) is 9.48 Å². The number of hydrogen-bond acceptors (Lipinski definition) is 4. The molecule has 0 spiro atoms. The van der Waals surface area contributed by atoms with Crippen LogP contribution in [0.4, 0.5) is 0 Å². The molecule has 0 bridgehead atoms. The third kappa shape index (κ3) is 3.17. The van der Waals surface area contributed by atoms with Gasteiger partial charge in [0.1, 0.15) is 12.2 Å². The fraction of sp³-hybridized carbons (Fsp3) is 0.700. The third-order valence-corrected chi connectivity index (χ3v) is 6.45. The molecule has 1 amide bonds. The molecular formula is C20H28N6O. The number of amides is 1. The molecule has 5 rings (SSSR count). The van der Waals surface area contributed by atoms with Gasteiger partial charge in [0.25, 0.3) is 5.91 Å². The fourth-order valence-corrected chi connectivity index (χ4v) is 4.50. The topological polar surface area (TPSA) is 68.8 Å². The molecule has 3 aliphatic rings. The second-order valence-electron chi connectivity index (χ2n) is 8.61. The SMILES string of the molecule is Cc1cc(C(=O)N2CCCC(c3nncn3C3CC3)C2)nn1C(C)C1CC1. The number of carbonyl (C=O) groups is 1. The van der Waals surface area contributed by atoms with Gasteiger partial charge in [-0.1, -0.05) is 0 Å². The summed E-state index contributed by atoms with van der Waals surface area (Å²) in [5.41, 5.74) is 1.67. The van der Waals surface area contributed by atoms with Crippen LogP contribution < -0.4 is 0 Å². The van der Waals surface area contributed by atoms with Gasteiger partial charge in [-0.25, -0.2) is 0 Å². The number of piperidine rings is 1. The normalized spacial score (nSPS) is 24.2. The van der Waals surface area contributed by atoms with E-state index in [0.29, 0.717) is 24.3 Å². The first kappa shape index (κ1) is 17.0. The van der Waals surface area contributed by atoms with Crippen molar-refractivity contribution in [1.29, 1.82) is 0 Å². The minimum absolute atomic E-state index is 0.0574.